The Morgan fingerprint density at radius 3 is 2.62 bits per heavy atom. The van der Waals surface area contributed by atoms with E-state index in [1.165, 1.54) is 0 Å². The maximum Gasteiger partial charge on any atom is 0.323 e. The predicted octanol–water partition coefficient (Wildman–Crippen LogP) is 0.727. The predicted molar refractivity (Wildman–Crippen MR) is 83.2 cm³/mol. The van der Waals surface area contributed by atoms with Gasteiger partial charge in [0.15, 0.2) is 9.84 Å². The Kier molecular flexibility index (Phi) is 6.19. The van der Waals surface area contributed by atoms with Gasteiger partial charge in [0, 0.05) is 18.6 Å². The van der Waals surface area contributed by atoms with E-state index in [2.05, 4.69) is 10.2 Å². The van der Waals surface area contributed by atoms with Crippen LogP contribution in [0.15, 0.2) is 0 Å². The Morgan fingerprint density at radius 1 is 1.52 bits per heavy atom. The minimum absolute atomic E-state index is 0.0148. The van der Waals surface area contributed by atoms with E-state index in [9.17, 15) is 18.3 Å². The molecule has 1 aliphatic heterocycles. The minimum Gasteiger partial charge on any atom is -0.480 e. The second-order valence-corrected chi connectivity index (χ2v) is 8.55. The number of nitrogens with zero attached hydrogens (tertiary/aromatic N) is 1. The van der Waals surface area contributed by atoms with Crippen molar-refractivity contribution in [2.24, 2.45) is 0 Å². The molecule has 3 atom stereocenters. The van der Waals surface area contributed by atoms with E-state index in [0.29, 0.717) is 19.5 Å². The van der Waals surface area contributed by atoms with Crippen LogP contribution < -0.4 is 5.32 Å². The average molecular weight is 320 g/mol. The number of rotatable bonds is 7. The standard InChI is InChI=1S/C14H28N2O4S/c1-5-6-15-14(4,13(17)18)9-11(2)16-7-8-21(19,20)10-12(16)3/h11-12,15H,5-10H2,1-4H3,(H,17,18). The van der Waals surface area contributed by atoms with Crippen LogP contribution in [0.25, 0.3) is 0 Å². The normalized spacial score (nSPS) is 27.0. The van der Waals surface area contributed by atoms with E-state index in [4.69, 9.17) is 0 Å². The number of nitrogens with one attached hydrogen (secondary N) is 1. The first-order valence-electron chi connectivity index (χ1n) is 7.56. The molecule has 6 nitrogen and oxygen atoms in total. The fourth-order valence-corrected chi connectivity index (χ4v) is 4.59. The summed E-state index contributed by atoms with van der Waals surface area (Å²) in [6.45, 7) is 8.70. The fourth-order valence-electron chi connectivity index (χ4n) is 3.01. The van der Waals surface area contributed by atoms with E-state index in [0.717, 1.165) is 6.42 Å². The zero-order valence-corrected chi connectivity index (χ0v) is 14.2. The third-order valence-corrected chi connectivity index (χ3v) is 6.02. The summed E-state index contributed by atoms with van der Waals surface area (Å²) < 4.78 is 23.3. The summed E-state index contributed by atoms with van der Waals surface area (Å²) in [6, 6.07) is -0.0519. The lowest BCUT2D eigenvalue weighted by atomic mass is 9.92. The van der Waals surface area contributed by atoms with E-state index in [1.54, 1.807) is 6.92 Å². The molecule has 0 bridgehead atoms. The number of hydrogen-bond donors (Lipinski definition) is 2. The van der Waals surface area contributed by atoms with Gasteiger partial charge in [-0.05, 0) is 40.2 Å². The van der Waals surface area contributed by atoms with Crippen molar-refractivity contribution in [3.63, 3.8) is 0 Å². The molecule has 0 aromatic rings. The van der Waals surface area contributed by atoms with Crippen LogP contribution in [0.5, 0.6) is 0 Å². The molecule has 2 N–H and O–H groups in total. The number of carboxylic acids is 1. The molecule has 21 heavy (non-hydrogen) atoms. The molecule has 1 fully saturated rings. The highest BCUT2D eigenvalue weighted by atomic mass is 32.2. The second kappa shape index (κ2) is 7.07. The minimum atomic E-state index is -2.95. The summed E-state index contributed by atoms with van der Waals surface area (Å²) in [5.74, 6) is -0.544. The van der Waals surface area contributed by atoms with Gasteiger partial charge >= 0.3 is 5.97 Å². The Morgan fingerprint density at radius 2 is 2.14 bits per heavy atom. The lowest BCUT2D eigenvalue weighted by molar-refractivity contribution is -0.145. The molecule has 7 heteroatoms. The highest BCUT2D eigenvalue weighted by Crippen LogP contribution is 2.22. The summed E-state index contributed by atoms with van der Waals surface area (Å²) >= 11 is 0. The van der Waals surface area contributed by atoms with Crippen LogP contribution in [-0.2, 0) is 14.6 Å². The zero-order valence-electron chi connectivity index (χ0n) is 13.4. The molecule has 0 radical (unpaired) electrons. The van der Waals surface area contributed by atoms with Crippen LogP contribution in [0.2, 0.25) is 0 Å². The van der Waals surface area contributed by atoms with Crippen LogP contribution in [0.3, 0.4) is 0 Å². The van der Waals surface area contributed by atoms with Gasteiger partial charge in [-0.1, -0.05) is 6.92 Å². The quantitative estimate of drug-likeness (QED) is 0.719. The molecule has 1 saturated heterocycles. The average Bonchev–Trinajstić information content (AvgIpc) is 2.34. The maximum absolute atomic E-state index is 11.6. The molecule has 1 heterocycles. The molecule has 1 rings (SSSR count). The van der Waals surface area contributed by atoms with Gasteiger partial charge in [-0.2, -0.15) is 0 Å². The van der Waals surface area contributed by atoms with Gasteiger partial charge in [0.25, 0.3) is 0 Å². The van der Waals surface area contributed by atoms with Crippen molar-refractivity contribution >= 4 is 15.8 Å². The first-order chi connectivity index (χ1) is 9.61. The molecule has 0 saturated carbocycles. The Labute approximate surface area is 127 Å². The van der Waals surface area contributed by atoms with E-state index in [-0.39, 0.29) is 23.6 Å². The highest BCUT2D eigenvalue weighted by Gasteiger charge is 2.38. The van der Waals surface area contributed by atoms with Crippen molar-refractivity contribution in [1.29, 1.82) is 0 Å². The van der Waals surface area contributed by atoms with E-state index in [1.807, 2.05) is 20.8 Å². The lowest BCUT2D eigenvalue weighted by Gasteiger charge is -2.40. The van der Waals surface area contributed by atoms with Crippen LogP contribution in [0, 0.1) is 0 Å². The van der Waals surface area contributed by atoms with Crippen LogP contribution >= 0.6 is 0 Å². The summed E-state index contributed by atoms with van der Waals surface area (Å²) in [6.07, 6.45) is 1.32. The fraction of sp³-hybridized carbons (Fsp3) is 0.929. The smallest absolute Gasteiger partial charge is 0.323 e. The van der Waals surface area contributed by atoms with Gasteiger partial charge in [-0.15, -0.1) is 0 Å². The molecule has 0 spiro atoms. The number of carbonyl (C=O) groups is 1. The molecule has 124 valence electrons. The van der Waals surface area contributed by atoms with Crippen LogP contribution in [0.1, 0.15) is 40.5 Å². The first kappa shape index (κ1) is 18.4. The molecular formula is C14H28N2O4S. The topological polar surface area (TPSA) is 86.7 Å². The lowest BCUT2D eigenvalue weighted by Crippen LogP contribution is -2.57. The number of carboxylic acid groups (broad SMARTS) is 1. The Hall–Kier alpha value is -0.660. The number of sulfone groups is 1. The van der Waals surface area contributed by atoms with E-state index >= 15 is 0 Å². The SMILES string of the molecule is CCCNC(C)(CC(C)N1CCS(=O)(=O)CC1C)C(=O)O. The number of hydrogen-bond acceptors (Lipinski definition) is 5. The summed E-state index contributed by atoms with van der Waals surface area (Å²) in [7, 11) is -2.95. The van der Waals surface area contributed by atoms with Crippen molar-refractivity contribution in [1.82, 2.24) is 10.2 Å². The van der Waals surface area contributed by atoms with Crippen molar-refractivity contribution in [2.45, 2.75) is 58.2 Å². The first-order valence-corrected chi connectivity index (χ1v) is 9.38. The second-order valence-electron chi connectivity index (χ2n) is 6.32. The third-order valence-electron chi connectivity index (χ3n) is 4.23. The van der Waals surface area contributed by atoms with Gasteiger partial charge in [0.05, 0.1) is 11.5 Å². The summed E-state index contributed by atoms with van der Waals surface area (Å²) in [5, 5.41) is 12.6. The van der Waals surface area contributed by atoms with Crippen LogP contribution in [-0.4, -0.2) is 66.6 Å². The molecular weight excluding hydrogens is 292 g/mol. The maximum atomic E-state index is 11.6. The van der Waals surface area contributed by atoms with Crippen molar-refractivity contribution < 1.29 is 18.3 Å². The Balaban J connectivity index is 2.74. The van der Waals surface area contributed by atoms with Crippen molar-refractivity contribution in [3.8, 4) is 0 Å². The van der Waals surface area contributed by atoms with Gasteiger partial charge in [0.2, 0.25) is 0 Å². The molecule has 0 aromatic carbocycles. The van der Waals surface area contributed by atoms with Crippen molar-refractivity contribution in [3.05, 3.63) is 0 Å². The summed E-state index contributed by atoms with van der Waals surface area (Å²) in [4.78, 5) is 13.7. The molecule has 3 unspecified atom stereocenters. The number of aliphatic carboxylic acids is 1. The van der Waals surface area contributed by atoms with E-state index < -0.39 is 21.3 Å². The molecule has 0 amide bonds. The van der Waals surface area contributed by atoms with Crippen LogP contribution in [0.4, 0.5) is 0 Å². The highest BCUT2D eigenvalue weighted by molar-refractivity contribution is 7.91. The van der Waals surface area contributed by atoms with Gasteiger partial charge < -0.3 is 10.4 Å². The van der Waals surface area contributed by atoms with Crippen molar-refractivity contribution in [2.75, 3.05) is 24.6 Å². The van der Waals surface area contributed by atoms with Gasteiger partial charge in [-0.3, -0.25) is 9.69 Å². The van der Waals surface area contributed by atoms with Gasteiger partial charge in [-0.25, -0.2) is 8.42 Å². The molecule has 0 aromatic heterocycles. The molecule has 0 aliphatic carbocycles. The largest absolute Gasteiger partial charge is 0.480 e. The molecule has 1 aliphatic rings. The monoisotopic (exact) mass is 320 g/mol. The Bertz CT molecular complexity index is 466. The third kappa shape index (κ3) is 4.93. The van der Waals surface area contributed by atoms with Gasteiger partial charge in [0.1, 0.15) is 5.54 Å². The zero-order chi connectivity index (χ0) is 16.3. The summed E-state index contributed by atoms with van der Waals surface area (Å²) in [5.41, 5.74) is -0.981.